The first-order valence-corrected chi connectivity index (χ1v) is 10.5. The van der Waals surface area contributed by atoms with Crippen molar-refractivity contribution in [1.82, 2.24) is 14.8 Å². The van der Waals surface area contributed by atoms with Crippen LogP contribution < -0.4 is 10.7 Å². The third-order valence-electron chi connectivity index (χ3n) is 6.14. The highest BCUT2D eigenvalue weighted by Gasteiger charge is 2.48. The maximum absolute atomic E-state index is 13.9. The number of hydrogen-bond donors (Lipinski definition) is 2. The summed E-state index contributed by atoms with van der Waals surface area (Å²) >= 11 is 0. The summed E-state index contributed by atoms with van der Waals surface area (Å²) in [4.78, 5) is 40.1. The van der Waals surface area contributed by atoms with E-state index in [0.29, 0.717) is 19.1 Å². The number of benzene rings is 1. The van der Waals surface area contributed by atoms with E-state index in [9.17, 15) is 32.7 Å². The van der Waals surface area contributed by atoms with Gasteiger partial charge in [0, 0.05) is 45.1 Å². The van der Waals surface area contributed by atoms with E-state index in [4.69, 9.17) is 9.47 Å². The minimum atomic E-state index is -1.68. The van der Waals surface area contributed by atoms with E-state index in [2.05, 4.69) is 5.32 Å². The van der Waals surface area contributed by atoms with Gasteiger partial charge in [0.2, 0.25) is 5.43 Å². The Balaban J connectivity index is 1.65. The monoisotopic (exact) mass is 481 g/mol. The van der Waals surface area contributed by atoms with Gasteiger partial charge >= 0.3 is 0 Å². The molecule has 1 spiro atoms. The van der Waals surface area contributed by atoms with E-state index < -0.39 is 58.1 Å². The van der Waals surface area contributed by atoms with Crippen LogP contribution in [0.2, 0.25) is 0 Å². The molecule has 0 aliphatic carbocycles. The van der Waals surface area contributed by atoms with E-state index in [1.54, 1.807) is 0 Å². The largest absolute Gasteiger partial charge is 0.503 e. The standard InChI is InChI=1S/C22H22F3N3O6/c1-33-7-5-28-21(32)17-19(30)18(29)13(9-27(17)10-22(28)4-6-34-11-22)20(31)26-8-12-2-3-14(23)16(25)15(12)24/h2-3,9,30H,4-8,10-11H2,1H3,(H,26,31). The topological polar surface area (TPSA) is 110 Å². The second-order valence-electron chi connectivity index (χ2n) is 8.19. The van der Waals surface area contributed by atoms with Crippen molar-refractivity contribution >= 4 is 11.8 Å². The number of pyridine rings is 1. The molecule has 2 amide bonds. The zero-order chi connectivity index (χ0) is 24.6. The van der Waals surface area contributed by atoms with Crippen molar-refractivity contribution in [2.45, 2.75) is 25.0 Å². The highest BCUT2D eigenvalue weighted by Crippen LogP contribution is 2.35. The van der Waals surface area contributed by atoms with Gasteiger partial charge in [-0.3, -0.25) is 14.4 Å². The molecule has 4 rings (SSSR count). The van der Waals surface area contributed by atoms with Crippen LogP contribution in [0, 0.1) is 17.5 Å². The molecular formula is C22H22F3N3O6. The van der Waals surface area contributed by atoms with Gasteiger partial charge in [0.15, 0.2) is 28.9 Å². The van der Waals surface area contributed by atoms with Crippen molar-refractivity contribution in [2.24, 2.45) is 0 Å². The van der Waals surface area contributed by atoms with Crippen LogP contribution in [-0.4, -0.2) is 65.4 Å². The molecule has 1 aromatic carbocycles. The second kappa shape index (κ2) is 9.11. The Morgan fingerprint density at radius 3 is 2.71 bits per heavy atom. The Bertz CT molecular complexity index is 1210. The predicted molar refractivity (Wildman–Crippen MR) is 111 cm³/mol. The number of aromatic hydroxyl groups is 1. The Morgan fingerprint density at radius 2 is 2.03 bits per heavy atom. The van der Waals surface area contributed by atoms with Crippen LogP contribution in [0.4, 0.5) is 13.2 Å². The van der Waals surface area contributed by atoms with Crippen molar-refractivity contribution in [1.29, 1.82) is 0 Å². The summed E-state index contributed by atoms with van der Waals surface area (Å²) in [6.07, 6.45) is 1.66. The third kappa shape index (κ3) is 3.92. The van der Waals surface area contributed by atoms with Gasteiger partial charge in [-0.05, 0) is 12.5 Å². The quantitative estimate of drug-likeness (QED) is 0.600. The first-order valence-electron chi connectivity index (χ1n) is 10.5. The normalized spacial score (nSPS) is 19.5. The minimum Gasteiger partial charge on any atom is -0.503 e. The van der Waals surface area contributed by atoms with Gasteiger partial charge in [-0.2, -0.15) is 0 Å². The Morgan fingerprint density at radius 1 is 1.26 bits per heavy atom. The van der Waals surface area contributed by atoms with Gasteiger partial charge in [-0.1, -0.05) is 6.07 Å². The van der Waals surface area contributed by atoms with E-state index in [0.717, 1.165) is 12.3 Å². The van der Waals surface area contributed by atoms with Gasteiger partial charge in [0.05, 0.1) is 18.8 Å². The van der Waals surface area contributed by atoms with Crippen molar-refractivity contribution in [3.8, 4) is 5.75 Å². The summed E-state index contributed by atoms with van der Waals surface area (Å²) in [7, 11) is 1.49. The maximum atomic E-state index is 13.9. The summed E-state index contributed by atoms with van der Waals surface area (Å²) in [5, 5.41) is 12.8. The molecule has 2 aromatic rings. The molecule has 34 heavy (non-hydrogen) atoms. The smallest absolute Gasteiger partial charge is 0.275 e. The number of aromatic nitrogens is 1. The van der Waals surface area contributed by atoms with Crippen molar-refractivity contribution < 1.29 is 37.3 Å². The van der Waals surface area contributed by atoms with Gasteiger partial charge in [-0.25, -0.2) is 13.2 Å². The molecule has 2 aliphatic heterocycles. The lowest BCUT2D eigenvalue weighted by atomic mass is 9.92. The number of rotatable bonds is 6. The number of nitrogens with zero attached hydrogens (tertiary/aromatic N) is 2. The zero-order valence-corrected chi connectivity index (χ0v) is 18.2. The molecule has 1 fully saturated rings. The number of amides is 2. The number of halogens is 3. The van der Waals surface area contributed by atoms with Gasteiger partial charge < -0.3 is 29.4 Å². The van der Waals surface area contributed by atoms with Crippen LogP contribution in [0.15, 0.2) is 23.1 Å². The molecule has 12 heteroatoms. The van der Waals surface area contributed by atoms with Gasteiger partial charge in [-0.15, -0.1) is 0 Å². The molecule has 182 valence electrons. The number of hydrogen-bond acceptors (Lipinski definition) is 6. The average Bonchev–Trinajstić information content (AvgIpc) is 3.27. The Kier molecular flexibility index (Phi) is 6.36. The minimum absolute atomic E-state index is 0.156. The number of methoxy groups -OCH3 is 1. The highest BCUT2D eigenvalue weighted by molar-refractivity contribution is 5.99. The molecule has 1 atom stereocenters. The molecule has 0 saturated carbocycles. The summed E-state index contributed by atoms with van der Waals surface area (Å²) < 4.78 is 52.4. The molecule has 1 aromatic heterocycles. The molecule has 0 bridgehead atoms. The first kappa shape index (κ1) is 23.8. The van der Waals surface area contributed by atoms with E-state index >= 15 is 0 Å². The number of ether oxygens (including phenoxy) is 2. The lowest BCUT2D eigenvalue weighted by Gasteiger charge is -2.45. The molecule has 2 N–H and O–H groups in total. The van der Waals surface area contributed by atoms with E-state index in [1.807, 2.05) is 0 Å². The van der Waals surface area contributed by atoms with E-state index in [1.165, 1.54) is 16.6 Å². The number of carbonyl (C=O) groups is 2. The number of carbonyl (C=O) groups excluding carboxylic acids is 2. The van der Waals surface area contributed by atoms with Crippen LogP contribution in [0.25, 0.3) is 0 Å². The first-order chi connectivity index (χ1) is 16.2. The fraction of sp³-hybridized carbons (Fsp3) is 0.409. The molecule has 1 saturated heterocycles. The fourth-order valence-electron chi connectivity index (χ4n) is 4.33. The highest BCUT2D eigenvalue weighted by atomic mass is 19.2. The van der Waals surface area contributed by atoms with Crippen molar-refractivity contribution in [3.05, 3.63) is 62.8 Å². The Labute approximate surface area is 191 Å². The van der Waals surface area contributed by atoms with E-state index in [-0.39, 0.29) is 37.6 Å². The van der Waals surface area contributed by atoms with Crippen LogP contribution in [0.1, 0.15) is 32.8 Å². The third-order valence-corrected chi connectivity index (χ3v) is 6.14. The lowest BCUT2D eigenvalue weighted by molar-refractivity contribution is 0.0140. The fourth-order valence-corrected chi connectivity index (χ4v) is 4.33. The van der Waals surface area contributed by atoms with Crippen LogP contribution in [0.5, 0.6) is 5.75 Å². The molecule has 9 nitrogen and oxygen atoms in total. The SMILES string of the molecule is COCCN1C(=O)c2c(O)c(=O)c(C(=O)NCc3ccc(F)c(F)c3F)cn2CC12CCOC2. The molecule has 2 aliphatic rings. The molecule has 3 heterocycles. The summed E-state index contributed by atoms with van der Waals surface area (Å²) in [6, 6.07) is 1.67. The van der Waals surface area contributed by atoms with Gasteiger partial charge in [0.25, 0.3) is 11.8 Å². The average molecular weight is 481 g/mol. The molecule has 1 unspecified atom stereocenters. The zero-order valence-electron chi connectivity index (χ0n) is 18.2. The lowest BCUT2D eigenvalue weighted by Crippen LogP contribution is -2.60. The number of fused-ring (bicyclic) bond motifs is 1. The molecular weight excluding hydrogens is 459 g/mol. The Hall–Kier alpha value is -3.38. The van der Waals surface area contributed by atoms with Crippen molar-refractivity contribution in [2.75, 3.05) is 33.5 Å². The van der Waals surface area contributed by atoms with Crippen LogP contribution in [0.3, 0.4) is 0 Å². The summed E-state index contributed by atoms with van der Waals surface area (Å²) in [6.45, 7) is 0.708. The maximum Gasteiger partial charge on any atom is 0.275 e. The van der Waals surface area contributed by atoms with Gasteiger partial charge in [0.1, 0.15) is 5.56 Å². The second-order valence-corrected chi connectivity index (χ2v) is 8.19. The van der Waals surface area contributed by atoms with Crippen LogP contribution in [-0.2, 0) is 22.6 Å². The summed E-state index contributed by atoms with van der Waals surface area (Å²) in [5.74, 6) is -6.99. The number of nitrogens with one attached hydrogen (secondary N) is 1. The van der Waals surface area contributed by atoms with Crippen molar-refractivity contribution in [3.63, 3.8) is 0 Å². The predicted octanol–water partition coefficient (Wildman–Crippen LogP) is 1.16. The molecule has 0 radical (unpaired) electrons. The summed E-state index contributed by atoms with van der Waals surface area (Å²) in [5.41, 5.74) is -2.92. The van der Waals surface area contributed by atoms with Crippen LogP contribution >= 0.6 is 0 Å².